The van der Waals surface area contributed by atoms with Crippen LogP contribution in [-0.4, -0.2) is 34.8 Å². The van der Waals surface area contributed by atoms with E-state index in [1.807, 2.05) is 48.5 Å². The molecule has 3 aromatic carbocycles. The van der Waals surface area contributed by atoms with Crippen LogP contribution in [0.15, 0.2) is 72.8 Å². The summed E-state index contributed by atoms with van der Waals surface area (Å²) in [6, 6.07) is 21.3. The highest BCUT2D eigenvalue weighted by atomic mass is 16.6. The number of hydrogen-bond acceptors (Lipinski definition) is 6. The average molecular weight is 470 g/mol. The van der Waals surface area contributed by atoms with Crippen LogP contribution in [0.5, 0.6) is 11.5 Å². The van der Waals surface area contributed by atoms with Crippen molar-refractivity contribution < 1.29 is 19.2 Å². The van der Waals surface area contributed by atoms with Crippen molar-refractivity contribution in [3.63, 3.8) is 0 Å². The quantitative estimate of drug-likeness (QED) is 0.316. The van der Waals surface area contributed by atoms with E-state index in [1.165, 1.54) is 12.1 Å². The lowest BCUT2D eigenvalue weighted by atomic mass is 9.83. The predicted octanol–water partition coefficient (Wildman–Crippen LogP) is 4.94. The molecule has 5 rings (SSSR count). The maximum absolute atomic E-state index is 12.9. The Bertz CT molecular complexity index is 1410. The number of benzene rings is 3. The molecule has 1 aliphatic rings. The van der Waals surface area contributed by atoms with Crippen LogP contribution in [0.1, 0.15) is 23.5 Å². The molecule has 1 aromatic heterocycles. The summed E-state index contributed by atoms with van der Waals surface area (Å²) in [6.45, 7) is 0. The number of nitro groups is 1. The Labute approximate surface area is 201 Å². The summed E-state index contributed by atoms with van der Waals surface area (Å²) in [6.07, 6.45) is 0.197. The lowest BCUT2D eigenvalue weighted by molar-refractivity contribution is -0.384. The molecule has 0 bridgehead atoms. The van der Waals surface area contributed by atoms with E-state index in [9.17, 15) is 14.9 Å². The second kappa shape index (κ2) is 8.94. The highest BCUT2D eigenvalue weighted by Gasteiger charge is 2.36. The molecular formula is C26H22N4O5. The van der Waals surface area contributed by atoms with Gasteiger partial charge in [0.2, 0.25) is 5.91 Å². The zero-order chi connectivity index (χ0) is 24.5. The lowest BCUT2D eigenvalue weighted by Crippen LogP contribution is -2.25. The lowest BCUT2D eigenvalue weighted by Gasteiger charge is -2.26. The molecule has 0 spiro atoms. The van der Waals surface area contributed by atoms with Gasteiger partial charge in [-0.3, -0.25) is 14.9 Å². The van der Waals surface area contributed by atoms with Gasteiger partial charge in [-0.25, -0.2) is 4.68 Å². The van der Waals surface area contributed by atoms with Crippen LogP contribution >= 0.6 is 0 Å². The number of hydrogen-bond donors (Lipinski definition) is 1. The minimum Gasteiger partial charge on any atom is -0.493 e. The van der Waals surface area contributed by atoms with E-state index in [2.05, 4.69) is 5.32 Å². The van der Waals surface area contributed by atoms with Gasteiger partial charge in [-0.2, -0.15) is 5.10 Å². The average Bonchev–Trinajstić information content (AvgIpc) is 3.27. The Morgan fingerprint density at radius 2 is 1.74 bits per heavy atom. The van der Waals surface area contributed by atoms with E-state index in [4.69, 9.17) is 14.6 Å². The summed E-state index contributed by atoms with van der Waals surface area (Å²) in [5, 5.41) is 19.0. The van der Waals surface area contributed by atoms with Gasteiger partial charge in [-0.15, -0.1) is 0 Å². The Balaban J connectivity index is 1.76. The fourth-order valence-corrected chi connectivity index (χ4v) is 4.51. The number of non-ortho nitro benzene ring substituents is 1. The second-order valence-corrected chi connectivity index (χ2v) is 8.05. The van der Waals surface area contributed by atoms with Gasteiger partial charge in [0.25, 0.3) is 5.69 Å². The van der Waals surface area contributed by atoms with Crippen LogP contribution in [0.2, 0.25) is 0 Å². The van der Waals surface area contributed by atoms with Gasteiger partial charge < -0.3 is 14.8 Å². The molecular weight excluding hydrogens is 448 g/mol. The molecule has 1 amide bonds. The van der Waals surface area contributed by atoms with E-state index in [0.29, 0.717) is 28.7 Å². The summed E-state index contributed by atoms with van der Waals surface area (Å²) in [7, 11) is 3.15. The van der Waals surface area contributed by atoms with Crippen LogP contribution in [0.3, 0.4) is 0 Å². The smallest absolute Gasteiger partial charge is 0.269 e. The van der Waals surface area contributed by atoms with Crippen molar-refractivity contribution in [1.82, 2.24) is 9.78 Å². The van der Waals surface area contributed by atoms with Crippen molar-refractivity contribution in [2.24, 2.45) is 0 Å². The molecule has 0 saturated carbocycles. The Morgan fingerprint density at radius 3 is 2.40 bits per heavy atom. The number of rotatable bonds is 6. The van der Waals surface area contributed by atoms with Gasteiger partial charge in [0.1, 0.15) is 5.82 Å². The third kappa shape index (κ3) is 3.86. The van der Waals surface area contributed by atoms with Crippen LogP contribution < -0.4 is 14.8 Å². The molecule has 35 heavy (non-hydrogen) atoms. The first kappa shape index (κ1) is 22.1. The van der Waals surface area contributed by atoms with Crippen molar-refractivity contribution in [3.05, 3.63) is 94.0 Å². The molecule has 176 valence electrons. The zero-order valence-corrected chi connectivity index (χ0v) is 19.1. The minimum absolute atomic E-state index is 0.0268. The molecule has 1 aliphatic heterocycles. The molecule has 1 N–H and O–H groups in total. The van der Waals surface area contributed by atoms with Crippen molar-refractivity contribution in [3.8, 4) is 28.4 Å². The number of anilines is 1. The summed E-state index contributed by atoms with van der Waals surface area (Å²) in [5.41, 5.74) is 3.79. The Kier molecular flexibility index (Phi) is 5.66. The number of para-hydroxylation sites is 1. The van der Waals surface area contributed by atoms with Crippen LogP contribution in [-0.2, 0) is 4.79 Å². The number of ether oxygens (including phenoxy) is 2. The number of aromatic nitrogens is 2. The normalized spacial score (nSPS) is 14.7. The van der Waals surface area contributed by atoms with Crippen molar-refractivity contribution in [2.75, 3.05) is 19.5 Å². The number of nitrogens with one attached hydrogen (secondary N) is 1. The zero-order valence-electron chi connectivity index (χ0n) is 19.1. The van der Waals surface area contributed by atoms with Crippen molar-refractivity contribution in [2.45, 2.75) is 12.3 Å². The van der Waals surface area contributed by atoms with E-state index >= 15 is 0 Å². The van der Waals surface area contributed by atoms with E-state index in [-0.39, 0.29) is 23.9 Å². The van der Waals surface area contributed by atoms with Gasteiger partial charge in [0.15, 0.2) is 11.5 Å². The maximum atomic E-state index is 12.9. The number of nitro benzene ring substituents is 1. The molecule has 4 aromatic rings. The number of methoxy groups -OCH3 is 2. The standard InChI is InChI=1S/C26H22N4O5/c1-34-21-10-6-9-19(25(21)35-2)20-15-22(31)27-26-23(20)24(16-7-4-3-5-8-16)28-29(26)17-11-13-18(14-12-17)30(32)33/h3-14,20H,15H2,1-2H3,(H,27,31). The molecule has 1 atom stereocenters. The monoisotopic (exact) mass is 470 g/mol. The third-order valence-electron chi connectivity index (χ3n) is 6.08. The Morgan fingerprint density at radius 1 is 1.00 bits per heavy atom. The van der Waals surface area contributed by atoms with Crippen LogP contribution in [0.25, 0.3) is 16.9 Å². The molecule has 0 radical (unpaired) electrons. The van der Waals surface area contributed by atoms with E-state index in [1.54, 1.807) is 31.0 Å². The van der Waals surface area contributed by atoms with Gasteiger partial charge in [0.05, 0.1) is 30.5 Å². The molecule has 9 heteroatoms. The van der Waals surface area contributed by atoms with E-state index < -0.39 is 4.92 Å². The predicted molar refractivity (Wildman–Crippen MR) is 130 cm³/mol. The minimum atomic E-state index is -0.454. The summed E-state index contributed by atoms with van der Waals surface area (Å²) in [4.78, 5) is 23.6. The number of amides is 1. The second-order valence-electron chi connectivity index (χ2n) is 8.05. The fraction of sp³-hybridized carbons (Fsp3) is 0.154. The van der Waals surface area contributed by atoms with Gasteiger partial charge in [-0.1, -0.05) is 42.5 Å². The topological polar surface area (TPSA) is 109 Å². The van der Waals surface area contributed by atoms with Gasteiger partial charge >= 0.3 is 0 Å². The summed E-state index contributed by atoms with van der Waals surface area (Å²) in [5.74, 6) is 1.12. The summed E-state index contributed by atoms with van der Waals surface area (Å²) < 4.78 is 12.8. The molecule has 0 saturated heterocycles. The van der Waals surface area contributed by atoms with Gasteiger partial charge in [0, 0.05) is 41.2 Å². The molecule has 1 unspecified atom stereocenters. The largest absolute Gasteiger partial charge is 0.493 e. The first-order valence-electron chi connectivity index (χ1n) is 11.0. The maximum Gasteiger partial charge on any atom is 0.269 e. The van der Waals surface area contributed by atoms with Crippen molar-refractivity contribution in [1.29, 1.82) is 0 Å². The Hall–Kier alpha value is -4.66. The number of nitrogens with zero attached hydrogens (tertiary/aromatic N) is 3. The number of fused-ring (bicyclic) bond motifs is 1. The van der Waals surface area contributed by atoms with Crippen molar-refractivity contribution >= 4 is 17.4 Å². The molecule has 0 fully saturated rings. The van der Waals surface area contributed by atoms with Gasteiger partial charge in [-0.05, 0) is 18.2 Å². The third-order valence-corrected chi connectivity index (χ3v) is 6.08. The molecule has 0 aliphatic carbocycles. The highest BCUT2D eigenvalue weighted by molar-refractivity contribution is 5.97. The number of carbonyl (C=O) groups is 1. The molecule has 9 nitrogen and oxygen atoms in total. The SMILES string of the molecule is COc1cccc(C2CC(=O)Nc3c2c(-c2ccccc2)nn3-c2ccc([N+](=O)[O-])cc2)c1OC. The molecule has 2 heterocycles. The number of carbonyl (C=O) groups excluding carboxylic acids is 1. The highest BCUT2D eigenvalue weighted by Crippen LogP contribution is 2.48. The van der Waals surface area contributed by atoms with Crippen LogP contribution in [0.4, 0.5) is 11.5 Å². The first-order valence-corrected chi connectivity index (χ1v) is 11.0. The van der Waals surface area contributed by atoms with E-state index in [0.717, 1.165) is 16.7 Å². The fourth-order valence-electron chi connectivity index (χ4n) is 4.51. The van der Waals surface area contributed by atoms with Crippen LogP contribution in [0, 0.1) is 10.1 Å². The first-order chi connectivity index (χ1) is 17.0. The summed E-state index contributed by atoms with van der Waals surface area (Å²) >= 11 is 0.